The molecule has 0 aliphatic carbocycles. The number of carboxylic acids is 1. The predicted molar refractivity (Wildman–Crippen MR) is 68.7 cm³/mol. The first-order valence-corrected chi connectivity index (χ1v) is 6.49. The van der Waals surface area contributed by atoms with Crippen LogP contribution in [0.4, 0.5) is 5.82 Å². The first-order valence-electron chi connectivity index (χ1n) is 5.10. The number of anilines is 1. The molecule has 0 aromatic carbocycles. The summed E-state index contributed by atoms with van der Waals surface area (Å²) in [6.45, 7) is 1.95. The van der Waals surface area contributed by atoms with E-state index in [9.17, 15) is 9.90 Å². The van der Waals surface area contributed by atoms with E-state index >= 15 is 0 Å². The molecule has 1 heterocycles. The summed E-state index contributed by atoms with van der Waals surface area (Å²) >= 11 is 1.53. The summed E-state index contributed by atoms with van der Waals surface area (Å²) < 4.78 is 0. The lowest BCUT2D eigenvalue weighted by Crippen LogP contribution is -2.36. The van der Waals surface area contributed by atoms with Crippen molar-refractivity contribution in [2.75, 3.05) is 23.9 Å². The lowest BCUT2D eigenvalue weighted by Gasteiger charge is -2.23. The van der Waals surface area contributed by atoms with Crippen molar-refractivity contribution in [3.63, 3.8) is 0 Å². The fraction of sp³-hybridized carbons (Fsp3) is 0.455. The summed E-state index contributed by atoms with van der Waals surface area (Å²) in [7, 11) is 0. The Morgan fingerprint density at radius 2 is 2.35 bits per heavy atom. The minimum Gasteiger partial charge on any atom is -0.478 e. The van der Waals surface area contributed by atoms with Gasteiger partial charge >= 0.3 is 5.97 Å². The molecule has 0 bridgehead atoms. The summed E-state index contributed by atoms with van der Waals surface area (Å²) in [5.41, 5.74) is -0.792. The highest BCUT2D eigenvalue weighted by Crippen LogP contribution is 2.15. The van der Waals surface area contributed by atoms with Gasteiger partial charge in [-0.25, -0.2) is 9.78 Å². The highest BCUT2D eigenvalue weighted by atomic mass is 32.2. The van der Waals surface area contributed by atoms with Crippen molar-refractivity contribution in [3.8, 4) is 0 Å². The summed E-state index contributed by atoms with van der Waals surface area (Å²) in [5.74, 6) is -0.193. The van der Waals surface area contributed by atoms with Crippen molar-refractivity contribution in [1.29, 1.82) is 0 Å². The molecule has 1 aromatic heterocycles. The van der Waals surface area contributed by atoms with Crippen LogP contribution < -0.4 is 5.32 Å². The van der Waals surface area contributed by atoms with Gasteiger partial charge in [-0.2, -0.15) is 11.8 Å². The Morgan fingerprint density at radius 1 is 1.65 bits per heavy atom. The van der Waals surface area contributed by atoms with E-state index in [0.717, 1.165) is 0 Å². The zero-order valence-corrected chi connectivity index (χ0v) is 10.6. The number of nitrogens with one attached hydrogen (secondary N) is 1. The van der Waals surface area contributed by atoms with E-state index in [0.29, 0.717) is 5.75 Å². The van der Waals surface area contributed by atoms with Crippen LogP contribution in [0.15, 0.2) is 18.3 Å². The maximum absolute atomic E-state index is 10.9. The van der Waals surface area contributed by atoms with Crippen LogP contribution in [0.25, 0.3) is 0 Å². The molecule has 0 saturated heterocycles. The van der Waals surface area contributed by atoms with Crippen LogP contribution >= 0.6 is 11.8 Å². The number of aromatic nitrogens is 1. The number of hydrogen-bond acceptors (Lipinski definition) is 5. The Kier molecular flexibility index (Phi) is 4.77. The van der Waals surface area contributed by atoms with E-state index in [2.05, 4.69) is 10.3 Å². The van der Waals surface area contributed by atoms with Gasteiger partial charge in [0.25, 0.3) is 0 Å². The molecule has 0 aliphatic rings. The monoisotopic (exact) mass is 256 g/mol. The third-order valence-corrected chi connectivity index (χ3v) is 3.04. The Labute approximate surface area is 104 Å². The summed E-state index contributed by atoms with van der Waals surface area (Å²) in [4.78, 5) is 14.9. The number of carbonyl (C=O) groups is 1. The Morgan fingerprint density at radius 3 is 2.94 bits per heavy atom. The zero-order chi connectivity index (χ0) is 12.9. The molecule has 5 nitrogen and oxygen atoms in total. The maximum atomic E-state index is 10.9. The summed E-state index contributed by atoms with van der Waals surface area (Å²) in [5, 5.41) is 21.8. The number of aliphatic hydroxyl groups is 1. The second kappa shape index (κ2) is 5.88. The fourth-order valence-corrected chi connectivity index (χ4v) is 2.08. The molecule has 94 valence electrons. The van der Waals surface area contributed by atoms with Crippen LogP contribution in [-0.4, -0.2) is 45.3 Å². The molecule has 0 amide bonds. The number of thioether (sulfide) groups is 1. The molecule has 1 rings (SSSR count). The molecule has 1 unspecified atom stereocenters. The number of hydrogen-bond donors (Lipinski definition) is 3. The van der Waals surface area contributed by atoms with E-state index < -0.39 is 11.6 Å². The smallest absolute Gasteiger partial charge is 0.339 e. The van der Waals surface area contributed by atoms with Crippen molar-refractivity contribution >= 4 is 23.5 Å². The van der Waals surface area contributed by atoms with E-state index in [1.165, 1.54) is 24.0 Å². The quantitative estimate of drug-likeness (QED) is 0.712. The minimum absolute atomic E-state index is 0.104. The molecular formula is C11H16N2O3S. The standard InChI is InChI=1S/C11H16N2O3S/c1-11(16,7-17-2)6-13-9-8(10(14)15)4-3-5-12-9/h3-5,16H,6-7H2,1-2H3,(H,12,13)(H,14,15). The lowest BCUT2D eigenvalue weighted by atomic mass is 10.1. The van der Waals surface area contributed by atoms with Gasteiger partial charge in [-0.1, -0.05) is 0 Å². The minimum atomic E-state index is -1.04. The third-order valence-electron chi connectivity index (χ3n) is 2.13. The van der Waals surface area contributed by atoms with E-state index in [1.54, 1.807) is 13.0 Å². The van der Waals surface area contributed by atoms with Crippen LogP contribution in [0.2, 0.25) is 0 Å². The molecule has 6 heteroatoms. The number of pyridine rings is 1. The molecule has 17 heavy (non-hydrogen) atoms. The third kappa shape index (κ3) is 4.24. The van der Waals surface area contributed by atoms with Crippen molar-refractivity contribution in [2.45, 2.75) is 12.5 Å². The van der Waals surface area contributed by atoms with E-state index in [4.69, 9.17) is 5.11 Å². The van der Waals surface area contributed by atoms with Gasteiger partial charge in [0.05, 0.1) is 5.60 Å². The normalized spacial score (nSPS) is 14.1. The highest BCUT2D eigenvalue weighted by molar-refractivity contribution is 7.98. The number of carboxylic acid groups (broad SMARTS) is 1. The predicted octanol–water partition coefficient (Wildman–Crippen LogP) is 1.31. The topological polar surface area (TPSA) is 82.5 Å². The average molecular weight is 256 g/mol. The average Bonchev–Trinajstić information content (AvgIpc) is 2.27. The molecule has 0 radical (unpaired) electrons. The molecule has 0 spiro atoms. The number of aromatic carboxylic acids is 1. The van der Waals surface area contributed by atoms with Crippen LogP contribution in [0.3, 0.4) is 0 Å². The SMILES string of the molecule is CSCC(C)(O)CNc1ncccc1C(=O)O. The van der Waals surface area contributed by atoms with Crippen molar-refractivity contribution < 1.29 is 15.0 Å². The first kappa shape index (κ1) is 13.8. The summed E-state index contributed by atoms with van der Waals surface area (Å²) in [6.07, 6.45) is 3.41. The Hall–Kier alpha value is -1.27. The highest BCUT2D eigenvalue weighted by Gasteiger charge is 2.20. The fourth-order valence-electron chi connectivity index (χ4n) is 1.35. The molecule has 1 atom stereocenters. The van der Waals surface area contributed by atoms with Crippen molar-refractivity contribution in [3.05, 3.63) is 23.9 Å². The van der Waals surface area contributed by atoms with Crippen molar-refractivity contribution in [2.24, 2.45) is 0 Å². The Bertz CT molecular complexity index is 396. The molecule has 0 saturated carbocycles. The van der Waals surface area contributed by atoms with E-state index in [-0.39, 0.29) is 17.9 Å². The van der Waals surface area contributed by atoms with Gasteiger partial charge in [0.15, 0.2) is 0 Å². The van der Waals surface area contributed by atoms with Gasteiger partial charge < -0.3 is 15.5 Å². The molecule has 3 N–H and O–H groups in total. The lowest BCUT2D eigenvalue weighted by molar-refractivity contribution is 0.0696. The van der Waals surface area contributed by atoms with Crippen LogP contribution in [0, 0.1) is 0 Å². The van der Waals surface area contributed by atoms with Crippen molar-refractivity contribution in [1.82, 2.24) is 4.98 Å². The van der Waals surface area contributed by atoms with E-state index in [1.807, 2.05) is 6.26 Å². The maximum Gasteiger partial charge on any atom is 0.339 e. The Balaban J connectivity index is 2.72. The van der Waals surface area contributed by atoms with Crippen LogP contribution in [0.5, 0.6) is 0 Å². The van der Waals surface area contributed by atoms with Gasteiger partial charge in [-0.15, -0.1) is 0 Å². The molecule has 0 fully saturated rings. The largest absolute Gasteiger partial charge is 0.478 e. The van der Waals surface area contributed by atoms with Gasteiger partial charge in [0.2, 0.25) is 0 Å². The first-order chi connectivity index (χ1) is 7.96. The van der Waals surface area contributed by atoms with Gasteiger partial charge in [0, 0.05) is 18.5 Å². The van der Waals surface area contributed by atoms with Gasteiger partial charge in [-0.3, -0.25) is 0 Å². The number of rotatable bonds is 6. The van der Waals surface area contributed by atoms with Gasteiger partial charge in [-0.05, 0) is 25.3 Å². The molecule has 1 aromatic rings. The van der Waals surface area contributed by atoms with Crippen LogP contribution in [0.1, 0.15) is 17.3 Å². The summed E-state index contributed by atoms with van der Waals surface area (Å²) in [6, 6.07) is 3.04. The molecule has 0 aliphatic heterocycles. The number of nitrogens with zero attached hydrogens (tertiary/aromatic N) is 1. The molecular weight excluding hydrogens is 240 g/mol. The second-order valence-electron chi connectivity index (χ2n) is 3.99. The zero-order valence-electron chi connectivity index (χ0n) is 9.80. The second-order valence-corrected chi connectivity index (χ2v) is 4.85. The van der Waals surface area contributed by atoms with Gasteiger partial charge in [0.1, 0.15) is 11.4 Å². The van der Waals surface area contributed by atoms with Crippen LogP contribution in [-0.2, 0) is 0 Å².